The van der Waals surface area contributed by atoms with Gasteiger partial charge >= 0.3 is 5.97 Å². The van der Waals surface area contributed by atoms with Crippen LogP contribution in [0.1, 0.15) is 25.7 Å². The summed E-state index contributed by atoms with van der Waals surface area (Å²) in [4.78, 5) is 12.1. The van der Waals surface area contributed by atoms with Gasteiger partial charge in [-0.2, -0.15) is 0 Å². The Morgan fingerprint density at radius 3 is 2.76 bits per heavy atom. The number of ether oxygens (including phenoxy) is 2. The molecule has 0 heterocycles. The van der Waals surface area contributed by atoms with Crippen LogP contribution in [0.2, 0.25) is 0 Å². The Bertz CT molecular complexity index is 477. The SMILES string of the molecule is CNC1(C(=O)OC)CCCC1CCOc1ccc(F)cc1. The molecule has 1 aromatic rings. The molecule has 2 rings (SSSR count). The number of methoxy groups -OCH3 is 1. The molecule has 0 aromatic heterocycles. The minimum atomic E-state index is -0.596. The van der Waals surface area contributed by atoms with E-state index in [0.717, 1.165) is 25.7 Å². The minimum Gasteiger partial charge on any atom is -0.494 e. The van der Waals surface area contributed by atoms with E-state index in [1.54, 1.807) is 19.2 Å². The van der Waals surface area contributed by atoms with E-state index in [9.17, 15) is 9.18 Å². The highest BCUT2D eigenvalue weighted by molar-refractivity contribution is 5.81. The topological polar surface area (TPSA) is 47.6 Å². The molecule has 116 valence electrons. The van der Waals surface area contributed by atoms with E-state index < -0.39 is 5.54 Å². The number of hydrogen-bond acceptors (Lipinski definition) is 4. The molecule has 0 radical (unpaired) electrons. The van der Waals surface area contributed by atoms with Crippen LogP contribution >= 0.6 is 0 Å². The van der Waals surface area contributed by atoms with Gasteiger partial charge in [0.2, 0.25) is 0 Å². The summed E-state index contributed by atoms with van der Waals surface area (Å²) in [5, 5.41) is 3.15. The van der Waals surface area contributed by atoms with Crippen molar-refractivity contribution in [1.82, 2.24) is 5.32 Å². The summed E-state index contributed by atoms with van der Waals surface area (Å²) in [6, 6.07) is 5.96. The van der Waals surface area contributed by atoms with E-state index in [0.29, 0.717) is 12.4 Å². The van der Waals surface area contributed by atoms with Crippen LogP contribution in [0.4, 0.5) is 4.39 Å². The van der Waals surface area contributed by atoms with Crippen LogP contribution < -0.4 is 10.1 Å². The van der Waals surface area contributed by atoms with E-state index in [1.165, 1.54) is 19.2 Å². The second-order valence-corrected chi connectivity index (χ2v) is 5.39. The third kappa shape index (κ3) is 3.35. The summed E-state index contributed by atoms with van der Waals surface area (Å²) in [7, 11) is 3.22. The highest BCUT2D eigenvalue weighted by atomic mass is 19.1. The van der Waals surface area contributed by atoms with Gasteiger partial charge in [0.05, 0.1) is 13.7 Å². The first kappa shape index (κ1) is 15.8. The maximum atomic E-state index is 12.8. The number of hydrogen-bond donors (Lipinski definition) is 1. The van der Waals surface area contributed by atoms with Crippen LogP contribution in [0.25, 0.3) is 0 Å². The van der Waals surface area contributed by atoms with Crippen molar-refractivity contribution in [2.75, 3.05) is 20.8 Å². The molecule has 0 amide bonds. The Morgan fingerprint density at radius 1 is 1.43 bits per heavy atom. The summed E-state index contributed by atoms with van der Waals surface area (Å²) in [5.41, 5.74) is -0.596. The van der Waals surface area contributed by atoms with Crippen molar-refractivity contribution >= 4 is 5.97 Å². The molecule has 2 atom stereocenters. The molecule has 0 saturated heterocycles. The van der Waals surface area contributed by atoms with Crippen molar-refractivity contribution in [3.05, 3.63) is 30.1 Å². The van der Waals surface area contributed by atoms with Gasteiger partial charge in [-0.25, -0.2) is 4.39 Å². The van der Waals surface area contributed by atoms with Crippen LogP contribution in [-0.4, -0.2) is 32.3 Å². The first-order valence-corrected chi connectivity index (χ1v) is 7.28. The van der Waals surface area contributed by atoms with Crippen molar-refractivity contribution in [3.63, 3.8) is 0 Å². The summed E-state index contributed by atoms with van der Waals surface area (Å²) >= 11 is 0. The third-order valence-electron chi connectivity index (χ3n) is 4.37. The highest BCUT2D eigenvalue weighted by Gasteiger charge is 2.48. The van der Waals surface area contributed by atoms with Crippen molar-refractivity contribution in [2.45, 2.75) is 31.2 Å². The summed E-state index contributed by atoms with van der Waals surface area (Å²) in [5.74, 6) is 0.352. The molecule has 1 saturated carbocycles. The lowest BCUT2D eigenvalue weighted by Gasteiger charge is -2.32. The molecule has 5 heteroatoms. The fraction of sp³-hybridized carbons (Fsp3) is 0.562. The number of esters is 1. The summed E-state index contributed by atoms with van der Waals surface area (Å²) in [6.45, 7) is 0.497. The normalized spacial score (nSPS) is 24.8. The smallest absolute Gasteiger partial charge is 0.326 e. The number of rotatable bonds is 6. The average molecular weight is 295 g/mol. The highest BCUT2D eigenvalue weighted by Crippen LogP contribution is 2.38. The molecular formula is C16H22FNO3. The van der Waals surface area contributed by atoms with Gasteiger partial charge in [0.15, 0.2) is 0 Å². The van der Waals surface area contributed by atoms with Gasteiger partial charge in [0.1, 0.15) is 17.1 Å². The third-order valence-corrected chi connectivity index (χ3v) is 4.37. The average Bonchev–Trinajstić information content (AvgIpc) is 2.92. The predicted molar refractivity (Wildman–Crippen MR) is 77.7 cm³/mol. The molecule has 1 N–H and O–H groups in total. The van der Waals surface area contributed by atoms with E-state index >= 15 is 0 Å². The largest absolute Gasteiger partial charge is 0.494 e. The molecule has 1 aliphatic carbocycles. The van der Waals surface area contributed by atoms with Gasteiger partial charge < -0.3 is 14.8 Å². The Kier molecular flexibility index (Phi) is 5.17. The monoisotopic (exact) mass is 295 g/mol. The van der Waals surface area contributed by atoms with Crippen molar-refractivity contribution in [1.29, 1.82) is 0 Å². The maximum Gasteiger partial charge on any atom is 0.326 e. The van der Waals surface area contributed by atoms with E-state index in [4.69, 9.17) is 9.47 Å². The zero-order valence-electron chi connectivity index (χ0n) is 12.5. The van der Waals surface area contributed by atoms with Gasteiger partial charge in [-0.05, 0) is 56.5 Å². The zero-order valence-corrected chi connectivity index (χ0v) is 12.5. The van der Waals surface area contributed by atoms with Crippen LogP contribution in [0.5, 0.6) is 5.75 Å². The fourth-order valence-electron chi connectivity index (χ4n) is 3.20. The summed E-state index contributed by atoms with van der Waals surface area (Å²) < 4.78 is 23.4. The van der Waals surface area contributed by atoms with Crippen molar-refractivity contribution in [3.8, 4) is 5.75 Å². The summed E-state index contributed by atoms with van der Waals surface area (Å²) in [6.07, 6.45) is 3.52. The number of carbonyl (C=O) groups is 1. The van der Waals surface area contributed by atoms with Crippen LogP contribution in [0.3, 0.4) is 0 Å². The number of halogens is 1. The molecule has 1 fully saturated rings. The van der Waals surface area contributed by atoms with Gasteiger partial charge in [-0.15, -0.1) is 0 Å². The first-order chi connectivity index (χ1) is 10.1. The number of benzene rings is 1. The van der Waals surface area contributed by atoms with Gasteiger partial charge in [-0.3, -0.25) is 4.79 Å². The lowest BCUT2D eigenvalue weighted by atomic mass is 9.85. The van der Waals surface area contributed by atoms with E-state index in [-0.39, 0.29) is 17.7 Å². The standard InChI is InChI=1S/C16H22FNO3/c1-18-16(15(19)20-2)10-3-4-12(16)9-11-21-14-7-5-13(17)6-8-14/h5-8,12,18H,3-4,9-11H2,1-2H3. The molecule has 0 bridgehead atoms. The van der Waals surface area contributed by atoms with Crippen LogP contribution in [0, 0.1) is 11.7 Å². The Balaban J connectivity index is 1.92. The Hall–Kier alpha value is -1.62. The van der Waals surface area contributed by atoms with Crippen LogP contribution in [0.15, 0.2) is 24.3 Å². The number of carbonyl (C=O) groups excluding carboxylic acids is 1. The lowest BCUT2D eigenvalue weighted by Crippen LogP contribution is -2.54. The maximum absolute atomic E-state index is 12.8. The van der Waals surface area contributed by atoms with E-state index in [1.807, 2.05) is 0 Å². The van der Waals surface area contributed by atoms with Gasteiger partial charge in [0, 0.05) is 0 Å². The lowest BCUT2D eigenvalue weighted by molar-refractivity contribution is -0.150. The quantitative estimate of drug-likeness (QED) is 0.819. The molecule has 1 aliphatic rings. The second kappa shape index (κ2) is 6.89. The van der Waals surface area contributed by atoms with Crippen molar-refractivity contribution in [2.24, 2.45) is 5.92 Å². The number of nitrogens with one attached hydrogen (secondary N) is 1. The fourth-order valence-corrected chi connectivity index (χ4v) is 3.20. The molecule has 1 aromatic carbocycles. The van der Waals surface area contributed by atoms with E-state index in [2.05, 4.69) is 5.32 Å². The molecule has 0 aliphatic heterocycles. The predicted octanol–water partition coefficient (Wildman–Crippen LogP) is 2.53. The molecular weight excluding hydrogens is 273 g/mol. The zero-order chi connectivity index (χ0) is 15.3. The first-order valence-electron chi connectivity index (χ1n) is 7.28. The Morgan fingerprint density at radius 2 is 2.14 bits per heavy atom. The second-order valence-electron chi connectivity index (χ2n) is 5.39. The van der Waals surface area contributed by atoms with Gasteiger partial charge in [-0.1, -0.05) is 6.42 Å². The minimum absolute atomic E-state index is 0.190. The number of likely N-dealkylation sites (N-methyl/N-ethyl adjacent to an activating group) is 1. The van der Waals surface area contributed by atoms with Crippen LogP contribution in [-0.2, 0) is 9.53 Å². The van der Waals surface area contributed by atoms with Gasteiger partial charge in [0.25, 0.3) is 0 Å². The molecule has 0 spiro atoms. The molecule has 21 heavy (non-hydrogen) atoms. The van der Waals surface area contributed by atoms with Crippen molar-refractivity contribution < 1.29 is 18.7 Å². The Labute approximate surface area is 124 Å². The molecule has 2 unspecified atom stereocenters. The molecule has 4 nitrogen and oxygen atoms in total.